The van der Waals surface area contributed by atoms with E-state index in [9.17, 15) is 14.7 Å². The Morgan fingerprint density at radius 1 is 1.19 bits per heavy atom. The van der Waals surface area contributed by atoms with Crippen molar-refractivity contribution in [2.45, 2.75) is 83.0 Å². The SMILES string of the molecule is Cc1ncc([C@@H](CCC(=O)CCCCc2nc3c(cc2C2CC2)CCCN3)C(=O)O)cn1. The summed E-state index contributed by atoms with van der Waals surface area (Å²) in [6.07, 6.45) is 11.5. The zero-order valence-electron chi connectivity index (χ0n) is 18.8. The number of nitrogens with one attached hydrogen (secondary N) is 1. The van der Waals surface area contributed by atoms with Gasteiger partial charge in [0.2, 0.25) is 0 Å². The van der Waals surface area contributed by atoms with Crippen LogP contribution in [0.15, 0.2) is 18.5 Å². The number of carboxylic acids is 1. The summed E-state index contributed by atoms with van der Waals surface area (Å²) < 4.78 is 0. The highest BCUT2D eigenvalue weighted by molar-refractivity contribution is 5.80. The summed E-state index contributed by atoms with van der Waals surface area (Å²) in [5.74, 6) is 0.754. The van der Waals surface area contributed by atoms with E-state index in [0.717, 1.165) is 38.0 Å². The third-order valence-electron chi connectivity index (χ3n) is 6.48. The molecular formula is C25H32N4O3. The van der Waals surface area contributed by atoms with Crippen molar-refractivity contribution in [3.8, 4) is 0 Å². The summed E-state index contributed by atoms with van der Waals surface area (Å²) in [7, 11) is 0. The van der Waals surface area contributed by atoms with E-state index in [1.165, 1.54) is 36.1 Å². The molecule has 170 valence electrons. The highest BCUT2D eigenvalue weighted by Gasteiger charge is 2.28. The standard InChI is InChI=1S/C25H32N4O3/c1-16-27-14-19(15-28-16)21(25(31)32)11-10-20(30)6-2-3-7-23-22(17-8-9-17)13-18-5-4-12-26-24(18)29-23/h13-15,17,21H,2-12H2,1H3,(H,26,29)(H,31,32)/t21-/m1/s1. The van der Waals surface area contributed by atoms with Crippen molar-refractivity contribution < 1.29 is 14.7 Å². The molecule has 0 spiro atoms. The second-order valence-corrected chi connectivity index (χ2v) is 9.08. The van der Waals surface area contributed by atoms with E-state index in [1.54, 1.807) is 19.3 Å². The van der Waals surface area contributed by atoms with Gasteiger partial charge in [-0.1, -0.05) is 6.07 Å². The Morgan fingerprint density at radius 3 is 2.69 bits per heavy atom. The monoisotopic (exact) mass is 436 g/mol. The molecule has 32 heavy (non-hydrogen) atoms. The minimum absolute atomic E-state index is 0.117. The average Bonchev–Trinajstić information content (AvgIpc) is 3.62. The number of carbonyl (C=O) groups is 2. The molecule has 0 amide bonds. The maximum atomic E-state index is 12.4. The summed E-state index contributed by atoms with van der Waals surface area (Å²) in [6.45, 7) is 2.75. The van der Waals surface area contributed by atoms with Crippen LogP contribution in [-0.2, 0) is 22.4 Å². The molecule has 2 aliphatic rings. The van der Waals surface area contributed by atoms with E-state index in [-0.39, 0.29) is 18.6 Å². The minimum Gasteiger partial charge on any atom is -0.481 e. The van der Waals surface area contributed by atoms with Crippen molar-refractivity contribution in [1.82, 2.24) is 15.0 Å². The molecule has 1 aliphatic carbocycles. The molecule has 0 saturated heterocycles. The number of fused-ring (bicyclic) bond motifs is 1. The molecule has 1 fully saturated rings. The van der Waals surface area contributed by atoms with Gasteiger partial charge in [0.1, 0.15) is 17.4 Å². The first-order chi connectivity index (χ1) is 15.5. The van der Waals surface area contributed by atoms with E-state index in [0.29, 0.717) is 23.7 Å². The van der Waals surface area contributed by atoms with Crippen LogP contribution in [0.5, 0.6) is 0 Å². The number of aliphatic carboxylic acids is 1. The van der Waals surface area contributed by atoms with Gasteiger partial charge in [-0.05, 0) is 75.3 Å². The number of carbonyl (C=O) groups excluding carboxylic acids is 1. The van der Waals surface area contributed by atoms with Crippen LogP contribution in [-0.4, -0.2) is 38.4 Å². The van der Waals surface area contributed by atoms with E-state index in [1.807, 2.05) is 0 Å². The van der Waals surface area contributed by atoms with Crippen molar-refractivity contribution in [3.63, 3.8) is 0 Å². The van der Waals surface area contributed by atoms with Crippen LogP contribution in [0, 0.1) is 6.92 Å². The number of unbranched alkanes of at least 4 members (excludes halogenated alkanes) is 1. The zero-order valence-corrected chi connectivity index (χ0v) is 18.8. The number of aromatic nitrogens is 3. The van der Waals surface area contributed by atoms with Crippen LogP contribution in [0.25, 0.3) is 0 Å². The van der Waals surface area contributed by atoms with Gasteiger partial charge in [0.05, 0.1) is 5.92 Å². The lowest BCUT2D eigenvalue weighted by Crippen LogP contribution is -2.15. The lowest BCUT2D eigenvalue weighted by atomic mass is 9.94. The number of nitrogens with zero attached hydrogens (tertiary/aromatic N) is 3. The third kappa shape index (κ3) is 5.69. The lowest BCUT2D eigenvalue weighted by Gasteiger charge is -2.20. The smallest absolute Gasteiger partial charge is 0.311 e. The molecule has 2 N–H and O–H groups in total. The number of carboxylic acid groups (broad SMARTS) is 1. The number of anilines is 1. The molecule has 1 aliphatic heterocycles. The number of Topliss-reactive ketones (excluding diaryl/α,β-unsaturated/α-hetero) is 1. The third-order valence-corrected chi connectivity index (χ3v) is 6.48. The van der Waals surface area contributed by atoms with E-state index < -0.39 is 11.9 Å². The van der Waals surface area contributed by atoms with Gasteiger partial charge in [-0.25, -0.2) is 15.0 Å². The highest BCUT2D eigenvalue weighted by atomic mass is 16.4. The topological polar surface area (TPSA) is 105 Å². The number of hydrogen-bond donors (Lipinski definition) is 2. The Labute approximate surface area is 189 Å². The average molecular weight is 437 g/mol. The van der Waals surface area contributed by atoms with E-state index in [4.69, 9.17) is 4.98 Å². The van der Waals surface area contributed by atoms with Gasteiger partial charge in [0.25, 0.3) is 0 Å². The number of ketones is 1. The van der Waals surface area contributed by atoms with Crippen LogP contribution in [0.3, 0.4) is 0 Å². The van der Waals surface area contributed by atoms with Gasteiger partial charge in [-0.3, -0.25) is 9.59 Å². The Kier molecular flexibility index (Phi) is 7.12. The van der Waals surface area contributed by atoms with Crippen molar-refractivity contribution in [3.05, 3.63) is 46.7 Å². The second-order valence-electron chi connectivity index (χ2n) is 9.08. The Morgan fingerprint density at radius 2 is 1.97 bits per heavy atom. The Hall–Kier alpha value is -2.83. The molecular weight excluding hydrogens is 404 g/mol. The van der Waals surface area contributed by atoms with Gasteiger partial charge in [-0.2, -0.15) is 0 Å². The summed E-state index contributed by atoms with van der Waals surface area (Å²) in [4.78, 5) is 37.1. The lowest BCUT2D eigenvalue weighted by molar-refractivity contribution is -0.139. The van der Waals surface area contributed by atoms with Gasteiger partial charge in [0.15, 0.2) is 0 Å². The quantitative estimate of drug-likeness (QED) is 0.505. The summed E-state index contributed by atoms with van der Waals surface area (Å²) in [5.41, 5.74) is 4.52. The fourth-order valence-electron chi connectivity index (χ4n) is 4.45. The molecule has 0 radical (unpaired) electrons. The second kappa shape index (κ2) is 10.2. The first-order valence-corrected chi connectivity index (χ1v) is 11.8. The predicted octanol–water partition coefficient (Wildman–Crippen LogP) is 4.35. The van der Waals surface area contributed by atoms with Crippen LogP contribution in [0.4, 0.5) is 5.82 Å². The number of aryl methyl sites for hydroxylation is 3. The summed E-state index contributed by atoms with van der Waals surface area (Å²) in [6, 6.07) is 2.37. The molecule has 1 atom stereocenters. The van der Waals surface area contributed by atoms with Crippen molar-refractivity contribution in [1.29, 1.82) is 0 Å². The predicted molar refractivity (Wildman–Crippen MR) is 122 cm³/mol. The Balaban J connectivity index is 1.25. The fourth-order valence-corrected chi connectivity index (χ4v) is 4.45. The van der Waals surface area contributed by atoms with Crippen LogP contribution < -0.4 is 5.32 Å². The molecule has 0 unspecified atom stereocenters. The highest BCUT2D eigenvalue weighted by Crippen LogP contribution is 2.43. The number of pyridine rings is 1. The molecule has 3 heterocycles. The molecule has 0 bridgehead atoms. The normalized spacial score (nSPS) is 16.2. The molecule has 2 aromatic heterocycles. The van der Waals surface area contributed by atoms with Gasteiger partial charge in [0, 0.05) is 43.0 Å². The van der Waals surface area contributed by atoms with Crippen molar-refractivity contribution in [2.75, 3.05) is 11.9 Å². The van der Waals surface area contributed by atoms with Crippen LogP contribution >= 0.6 is 0 Å². The number of hydrogen-bond acceptors (Lipinski definition) is 6. The van der Waals surface area contributed by atoms with Gasteiger partial charge in [-0.15, -0.1) is 0 Å². The summed E-state index contributed by atoms with van der Waals surface area (Å²) in [5, 5.41) is 13.0. The van der Waals surface area contributed by atoms with Crippen LogP contribution in [0.1, 0.15) is 91.4 Å². The number of rotatable bonds is 11. The van der Waals surface area contributed by atoms with Crippen molar-refractivity contribution >= 4 is 17.6 Å². The molecule has 1 saturated carbocycles. The largest absolute Gasteiger partial charge is 0.481 e. The van der Waals surface area contributed by atoms with Crippen LogP contribution in [0.2, 0.25) is 0 Å². The molecule has 7 heteroatoms. The first kappa shape index (κ1) is 22.4. The van der Waals surface area contributed by atoms with E-state index in [2.05, 4.69) is 21.4 Å². The molecule has 2 aromatic rings. The minimum atomic E-state index is -0.940. The molecule has 7 nitrogen and oxygen atoms in total. The van der Waals surface area contributed by atoms with Gasteiger partial charge >= 0.3 is 5.97 Å². The summed E-state index contributed by atoms with van der Waals surface area (Å²) >= 11 is 0. The molecule has 0 aromatic carbocycles. The van der Waals surface area contributed by atoms with Crippen molar-refractivity contribution in [2.24, 2.45) is 0 Å². The maximum absolute atomic E-state index is 12.4. The Bertz CT molecular complexity index is 970. The first-order valence-electron chi connectivity index (χ1n) is 11.8. The molecule has 4 rings (SSSR count). The fraction of sp³-hybridized carbons (Fsp3) is 0.560. The van der Waals surface area contributed by atoms with E-state index >= 15 is 0 Å². The zero-order chi connectivity index (χ0) is 22.5. The van der Waals surface area contributed by atoms with Gasteiger partial charge < -0.3 is 10.4 Å². The maximum Gasteiger partial charge on any atom is 0.311 e.